The number of benzene rings is 1. The van der Waals surface area contributed by atoms with E-state index in [1.165, 1.54) is 15.8 Å². The lowest BCUT2D eigenvalue weighted by Gasteiger charge is -2.09. The minimum atomic E-state index is -0.253. The van der Waals surface area contributed by atoms with E-state index in [1.54, 1.807) is 38.4 Å². The van der Waals surface area contributed by atoms with Crippen LogP contribution in [-0.2, 0) is 0 Å². The van der Waals surface area contributed by atoms with Crippen molar-refractivity contribution in [3.8, 4) is 11.8 Å². The van der Waals surface area contributed by atoms with Gasteiger partial charge in [-0.2, -0.15) is 10.4 Å². The summed E-state index contributed by atoms with van der Waals surface area (Å²) in [6.07, 6.45) is 1.40. The van der Waals surface area contributed by atoms with Gasteiger partial charge in [0.2, 0.25) is 0 Å². The first kappa shape index (κ1) is 13.1. The van der Waals surface area contributed by atoms with Crippen LogP contribution in [0.2, 0.25) is 5.02 Å². The van der Waals surface area contributed by atoms with Crippen molar-refractivity contribution in [2.45, 2.75) is 0 Å². The van der Waals surface area contributed by atoms with Gasteiger partial charge in [0.15, 0.2) is 5.69 Å². The molecule has 0 aliphatic carbocycles. The third kappa shape index (κ3) is 2.44. The molecular weight excluding hydrogens is 264 g/mol. The van der Waals surface area contributed by atoms with Gasteiger partial charge in [-0.25, -0.2) is 4.68 Å². The van der Waals surface area contributed by atoms with E-state index in [0.717, 1.165) is 0 Å². The van der Waals surface area contributed by atoms with Gasteiger partial charge in [-0.05, 0) is 24.3 Å². The van der Waals surface area contributed by atoms with E-state index < -0.39 is 0 Å². The molecule has 0 N–H and O–H groups in total. The maximum Gasteiger partial charge on any atom is 0.257 e. The smallest absolute Gasteiger partial charge is 0.257 e. The van der Waals surface area contributed by atoms with Gasteiger partial charge in [0, 0.05) is 19.1 Å². The number of nitriles is 1. The molecule has 0 saturated carbocycles. The minimum absolute atomic E-state index is 0.209. The summed E-state index contributed by atoms with van der Waals surface area (Å²) in [4.78, 5) is 13.3. The molecule has 6 heteroatoms. The Labute approximate surface area is 115 Å². The van der Waals surface area contributed by atoms with Crippen molar-refractivity contribution >= 4 is 17.5 Å². The van der Waals surface area contributed by atoms with Crippen LogP contribution < -0.4 is 0 Å². The normalized spacial score (nSPS) is 10.0. The molecule has 1 aromatic carbocycles. The topological polar surface area (TPSA) is 61.9 Å². The fraction of sp³-hybridized carbons (Fsp3) is 0.154. The van der Waals surface area contributed by atoms with E-state index in [0.29, 0.717) is 10.7 Å². The highest BCUT2D eigenvalue weighted by Crippen LogP contribution is 2.17. The quantitative estimate of drug-likeness (QED) is 0.842. The Hall–Kier alpha value is -2.32. The van der Waals surface area contributed by atoms with Crippen LogP contribution in [0.1, 0.15) is 16.1 Å². The molecule has 0 atom stereocenters. The summed E-state index contributed by atoms with van der Waals surface area (Å²) in [5.74, 6) is -0.253. The largest absolute Gasteiger partial charge is 0.345 e. The molecule has 0 aliphatic heterocycles. The summed E-state index contributed by atoms with van der Waals surface area (Å²) in [5, 5.41) is 13.9. The first-order chi connectivity index (χ1) is 9.04. The second-order valence-corrected chi connectivity index (χ2v) is 4.54. The molecule has 0 fully saturated rings. The number of amides is 1. The van der Waals surface area contributed by atoms with E-state index in [4.69, 9.17) is 11.6 Å². The van der Waals surface area contributed by atoms with Crippen molar-refractivity contribution in [3.63, 3.8) is 0 Å². The Morgan fingerprint density at radius 2 is 2.00 bits per heavy atom. The number of hydrogen-bond donors (Lipinski definition) is 0. The maximum absolute atomic E-state index is 11.9. The molecule has 96 valence electrons. The fourth-order valence-corrected chi connectivity index (χ4v) is 1.76. The Morgan fingerprint density at radius 1 is 1.37 bits per heavy atom. The second kappa shape index (κ2) is 5.12. The van der Waals surface area contributed by atoms with Gasteiger partial charge in [-0.3, -0.25) is 4.79 Å². The summed E-state index contributed by atoms with van der Waals surface area (Å²) in [6, 6.07) is 8.89. The van der Waals surface area contributed by atoms with Crippen LogP contribution in [0.25, 0.3) is 5.69 Å². The van der Waals surface area contributed by atoms with Crippen LogP contribution in [0.15, 0.2) is 30.5 Å². The lowest BCUT2D eigenvalue weighted by Crippen LogP contribution is -2.22. The van der Waals surface area contributed by atoms with Gasteiger partial charge >= 0.3 is 0 Å². The first-order valence-electron chi connectivity index (χ1n) is 5.50. The molecule has 5 nitrogen and oxygen atoms in total. The van der Waals surface area contributed by atoms with E-state index in [2.05, 4.69) is 5.10 Å². The zero-order valence-corrected chi connectivity index (χ0v) is 11.2. The summed E-state index contributed by atoms with van der Waals surface area (Å²) in [7, 11) is 3.26. The molecule has 0 unspecified atom stereocenters. The van der Waals surface area contributed by atoms with Crippen molar-refractivity contribution in [2.24, 2.45) is 0 Å². The molecule has 0 saturated heterocycles. The zero-order chi connectivity index (χ0) is 14.0. The zero-order valence-electron chi connectivity index (χ0n) is 10.5. The van der Waals surface area contributed by atoms with Crippen LogP contribution in [0.3, 0.4) is 0 Å². The van der Waals surface area contributed by atoms with Gasteiger partial charge in [0.1, 0.15) is 6.07 Å². The number of aromatic nitrogens is 2. The SMILES string of the molecule is CN(C)C(=O)c1cnn(-c2ccc(Cl)cc2)c1C#N. The Kier molecular flexibility index (Phi) is 3.54. The van der Waals surface area contributed by atoms with Gasteiger partial charge in [0.25, 0.3) is 5.91 Å². The van der Waals surface area contributed by atoms with Crippen molar-refractivity contribution in [1.29, 1.82) is 5.26 Å². The first-order valence-corrected chi connectivity index (χ1v) is 5.88. The predicted molar refractivity (Wildman–Crippen MR) is 71.3 cm³/mol. The fourth-order valence-electron chi connectivity index (χ4n) is 1.63. The molecule has 0 spiro atoms. The van der Waals surface area contributed by atoms with Crippen LogP contribution in [-0.4, -0.2) is 34.7 Å². The molecule has 19 heavy (non-hydrogen) atoms. The maximum atomic E-state index is 11.9. The van der Waals surface area contributed by atoms with Crippen molar-refractivity contribution in [3.05, 3.63) is 46.7 Å². The van der Waals surface area contributed by atoms with E-state index in [-0.39, 0.29) is 17.2 Å². The van der Waals surface area contributed by atoms with Crippen molar-refractivity contribution in [1.82, 2.24) is 14.7 Å². The number of carbonyl (C=O) groups is 1. The highest BCUT2D eigenvalue weighted by Gasteiger charge is 2.19. The van der Waals surface area contributed by atoms with Crippen LogP contribution in [0.4, 0.5) is 0 Å². The van der Waals surface area contributed by atoms with Gasteiger partial charge in [0.05, 0.1) is 17.4 Å². The summed E-state index contributed by atoms with van der Waals surface area (Å²) < 4.78 is 1.42. The predicted octanol–water partition coefficient (Wildman–Crippen LogP) is 2.10. The van der Waals surface area contributed by atoms with Crippen molar-refractivity contribution < 1.29 is 4.79 Å². The van der Waals surface area contributed by atoms with Crippen LogP contribution in [0, 0.1) is 11.3 Å². The molecule has 2 aromatic rings. The van der Waals surface area contributed by atoms with E-state index >= 15 is 0 Å². The molecule has 0 bridgehead atoms. The summed E-state index contributed by atoms with van der Waals surface area (Å²) in [6.45, 7) is 0. The lowest BCUT2D eigenvalue weighted by molar-refractivity contribution is 0.0827. The highest BCUT2D eigenvalue weighted by atomic mass is 35.5. The molecule has 1 aromatic heterocycles. The second-order valence-electron chi connectivity index (χ2n) is 4.11. The highest BCUT2D eigenvalue weighted by molar-refractivity contribution is 6.30. The molecule has 0 radical (unpaired) electrons. The Bertz CT molecular complexity index is 652. The Morgan fingerprint density at radius 3 is 2.53 bits per heavy atom. The molecular formula is C13H11ClN4O. The number of rotatable bonds is 2. The third-order valence-corrected chi connectivity index (χ3v) is 2.83. The van der Waals surface area contributed by atoms with Gasteiger partial charge in [-0.15, -0.1) is 0 Å². The average molecular weight is 275 g/mol. The number of carbonyl (C=O) groups excluding carboxylic acids is 1. The molecule has 2 rings (SSSR count). The lowest BCUT2D eigenvalue weighted by atomic mass is 10.2. The monoisotopic (exact) mass is 274 g/mol. The van der Waals surface area contributed by atoms with Gasteiger partial charge in [-0.1, -0.05) is 11.6 Å². The Balaban J connectivity index is 2.52. The van der Waals surface area contributed by atoms with E-state index in [9.17, 15) is 10.1 Å². The number of nitrogens with zero attached hydrogens (tertiary/aromatic N) is 4. The summed E-state index contributed by atoms with van der Waals surface area (Å²) >= 11 is 5.81. The number of hydrogen-bond acceptors (Lipinski definition) is 3. The van der Waals surface area contributed by atoms with Crippen LogP contribution in [0.5, 0.6) is 0 Å². The molecule has 1 heterocycles. The number of halogens is 1. The average Bonchev–Trinajstić information content (AvgIpc) is 2.82. The summed E-state index contributed by atoms with van der Waals surface area (Å²) in [5.41, 5.74) is 1.17. The van der Waals surface area contributed by atoms with Crippen LogP contribution >= 0.6 is 11.6 Å². The molecule has 1 amide bonds. The van der Waals surface area contributed by atoms with Crippen molar-refractivity contribution in [2.75, 3.05) is 14.1 Å². The van der Waals surface area contributed by atoms with E-state index in [1.807, 2.05) is 6.07 Å². The minimum Gasteiger partial charge on any atom is -0.345 e. The molecule has 0 aliphatic rings. The standard InChI is InChI=1S/C13H11ClN4O/c1-17(2)13(19)11-8-16-18(12(11)7-15)10-5-3-9(14)4-6-10/h3-6,8H,1-2H3. The third-order valence-electron chi connectivity index (χ3n) is 2.58. The van der Waals surface area contributed by atoms with Gasteiger partial charge < -0.3 is 4.90 Å².